The molecule has 0 atom stereocenters. The molecule has 1 heterocycles. The summed E-state index contributed by atoms with van der Waals surface area (Å²) < 4.78 is 4.50. The van der Waals surface area contributed by atoms with E-state index in [1.165, 1.54) is 77.0 Å². The summed E-state index contributed by atoms with van der Waals surface area (Å²) >= 11 is 0. The van der Waals surface area contributed by atoms with Crippen LogP contribution >= 0.6 is 0 Å². The Morgan fingerprint density at radius 1 is 0.778 bits per heavy atom. The molecule has 18 heavy (non-hydrogen) atoms. The van der Waals surface area contributed by atoms with Crippen LogP contribution in [0.5, 0.6) is 0 Å². The topological polar surface area (TPSA) is 12.5 Å². The third-order valence-corrected chi connectivity index (χ3v) is 3.22. The molecule has 0 spiro atoms. The molecule has 1 heteroatoms. The van der Waals surface area contributed by atoms with E-state index < -0.39 is 0 Å². The average molecular weight is 254 g/mol. The fourth-order valence-corrected chi connectivity index (χ4v) is 1.95. The van der Waals surface area contributed by atoms with Crippen LogP contribution in [0.4, 0.5) is 0 Å². The molecule has 1 rings (SSSR count). The van der Waals surface area contributed by atoms with Crippen molar-refractivity contribution < 1.29 is 4.74 Å². The second-order valence-electron chi connectivity index (χ2n) is 5.23. The number of unbranched alkanes of at least 4 members (excludes halogenated alkanes) is 11. The van der Waals surface area contributed by atoms with Crippen LogP contribution in [0.25, 0.3) is 0 Å². The monoisotopic (exact) mass is 254 g/mol. The quantitative estimate of drug-likeness (QED) is 0.240. The molecule has 1 aliphatic heterocycles. The minimum Gasteiger partial charge on any atom is -0.377 e. The Morgan fingerprint density at radius 2 is 1.17 bits per heavy atom. The molecule has 108 valence electrons. The Bertz CT molecular complexity index is 149. The molecular weight excluding hydrogens is 220 g/mol. The van der Waals surface area contributed by atoms with Crippen molar-refractivity contribution in [3.8, 4) is 0 Å². The van der Waals surface area contributed by atoms with E-state index in [2.05, 4.69) is 18.2 Å². The summed E-state index contributed by atoms with van der Waals surface area (Å²) in [7, 11) is 0. The van der Waals surface area contributed by atoms with Gasteiger partial charge in [-0.2, -0.15) is 0 Å². The molecule has 0 amide bonds. The number of rotatable bonds is 12. The molecule has 1 saturated heterocycles. The molecule has 0 aromatic rings. The Labute approximate surface area is 115 Å². The van der Waals surface area contributed by atoms with E-state index >= 15 is 0 Å². The first-order valence-electron chi connectivity index (χ1n) is 8.10. The zero-order valence-electron chi connectivity index (χ0n) is 12.6. The molecule has 0 aliphatic carbocycles. The summed E-state index contributed by atoms with van der Waals surface area (Å²) in [6, 6.07) is 0. The average Bonchev–Trinajstić information content (AvgIpc) is 3.24. The van der Waals surface area contributed by atoms with E-state index in [1.54, 1.807) is 0 Å². The molecule has 0 aromatic heterocycles. The van der Waals surface area contributed by atoms with Crippen molar-refractivity contribution in [2.24, 2.45) is 0 Å². The third-order valence-electron chi connectivity index (χ3n) is 3.22. The van der Waals surface area contributed by atoms with Gasteiger partial charge in [0.05, 0.1) is 13.2 Å². The minimum atomic E-state index is 1.00. The van der Waals surface area contributed by atoms with Crippen LogP contribution in [0.2, 0.25) is 0 Å². The Morgan fingerprint density at radius 3 is 1.50 bits per heavy atom. The van der Waals surface area contributed by atoms with Gasteiger partial charge >= 0.3 is 0 Å². The summed E-state index contributed by atoms with van der Waals surface area (Å²) in [5.74, 6) is 0. The molecule has 1 aliphatic rings. The highest BCUT2D eigenvalue weighted by molar-refractivity contribution is 4.65. The van der Waals surface area contributed by atoms with Gasteiger partial charge in [0.25, 0.3) is 0 Å². The molecule has 1 fully saturated rings. The Kier molecular flexibility index (Phi) is 16.4. The normalized spacial score (nSPS) is 12.7. The van der Waals surface area contributed by atoms with Crippen LogP contribution < -0.4 is 0 Å². The Hall–Kier alpha value is -0.300. The lowest BCUT2D eigenvalue weighted by Gasteiger charge is -2.01. The van der Waals surface area contributed by atoms with Crippen molar-refractivity contribution in [2.45, 2.75) is 84.0 Å². The van der Waals surface area contributed by atoms with Gasteiger partial charge in [-0.3, -0.25) is 0 Å². The van der Waals surface area contributed by atoms with Crippen molar-refractivity contribution in [3.63, 3.8) is 0 Å². The van der Waals surface area contributed by atoms with Crippen LogP contribution in [0.15, 0.2) is 12.7 Å². The summed E-state index contributed by atoms with van der Waals surface area (Å²) in [6.45, 7) is 8.02. The van der Waals surface area contributed by atoms with Crippen LogP contribution in [-0.4, -0.2) is 13.2 Å². The summed E-state index contributed by atoms with van der Waals surface area (Å²) in [5, 5.41) is 0. The van der Waals surface area contributed by atoms with Gasteiger partial charge in [0.15, 0.2) is 0 Å². The van der Waals surface area contributed by atoms with Crippen molar-refractivity contribution in [1.29, 1.82) is 0 Å². The highest BCUT2D eigenvalue weighted by Crippen LogP contribution is 2.11. The van der Waals surface area contributed by atoms with E-state index in [-0.39, 0.29) is 0 Å². The number of ether oxygens (including phenoxy) is 1. The minimum absolute atomic E-state index is 1.00. The summed E-state index contributed by atoms with van der Waals surface area (Å²) in [6.07, 6.45) is 19.0. The lowest BCUT2D eigenvalue weighted by atomic mass is 10.1. The lowest BCUT2D eigenvalue weighted by molar-refractivity contribution is 0.475. The van der Waals surface area contributed by atoms with Gasteiger partial charge in [-0.05, 0) is 12.8 Å². The zero-order chi connectivity index (χ0) is 13.3. The van der Waals surface area contributed by atoms with E-state index in [0.29, 0.717) is 0 Å². The molecule has 0 unspecified atom stereocenters. The second-order valence-corrected chi connectivity index (χ2v) is 5.23. The molecule has 0 N–H and O–H groups in total. The molecule has 0 bridgehead atoms. The van der Waals surface area contributed by atoms with Crippen molar-refractivity contribution in [2.75, 3.05) is 13.2 Å². The first-order chi connectivity index (χ1) is 8.91. The molecule has 0 saturated carbocycles. The van der Waals surface area contributed by atoms with E-state index in [9.17, 15) is 0 Å². The fourth-order valence-electron chi connectivity index (χ4n) is 1.95. The van der Waals surface area contributed by atoms with E-state index in [4.69, 9.17) is 0 Å². The first kappa shape index (κ1) is 17.7. The van der Waals surface area contributed by atoms with Crippen molar-refractivity contribution in [3.05, 3.63) is 12.7 Å². The van der Waals surface area contributed by atoms with Gasteiger partial charge in [-0.1, -0.05) is 77.2 Å². The summed E-state index contributed by atoms with van der Waals surface area (Å²) in [4.78, 5) is 0. The van der Waals surface area contributed by atoms with Crippen LogP contribution in [0.1, 0.15) is 84.0 Å². The standard InChI is InChI=1S/C15H30.C2H4O/c1-3-5-7-9-11-13-15-14-12-10-8-6-4-2;1-2-3-1/h3H,1,4-15H2,2H3;1-2H2. The lowest BCUT2D eigenvalue weighted by Crippen LogP contribution is -1.81. The maximum Gasteiger partial charge on any atom is 0.0701 e. The fraction of sp³-hybridized carbons (Fsp3) is 0.882. The highest BCUT2D eigenvalue weighted by Gasteiger charge is 1.94. The van der Waals surface area contributed by atoms with E-state index in [1.807, 2.05) is 6.08 Å². The SMILES string of the molecule is C1CO1.C=CCCCCCCCCCCCCC. The first-order valence-corrected chi connectivity index (χ1v) is 8.10. The van der Waals surface area contributed by atoms with Crippen molar-refractivity contribution in [1.82, 2.24) is 0 Å². The molecule has 0 radical (unpaired) electrons. The smallest absolute Gasteiger partial charge is 0.0701 e. The van der Waals surface area contributed by atoms with Gasteiger partial charge in [0, 0.05) is 0 Å². The maximum atomic E-state index is 4.50. The van der Waals surface area contributed by atoms with Crippen molar-refractivity contribution >= 4 is 0 Å². The predicted octanol–water partition coefficient (Wildman–Crippen LogP) is 5.89. The Balaban J connectivity index is 0.000000827. The number of hydrogen-bond donors (Lipinski definition) is 0. The van der Waals surface area contributed by atoms with Gasteiger partial charge in [-0.15, -0.1) is 6.58 Å². The molecular formula is C17H34O. The van der Waals surface area contributed by atoms with Gasteiger partial charge in [0.1, 0.15) is 0 Å². The number of hydrogen-bond acceptors (Lipinski definition) is 1. The number of allylic oxidation sites excluding steroid dienone is 1. The maximum absolute atomic E-state index is 4.50. The molecule has 0 aromatic carbocycles. The predicted molar refractivity (Wildman–Crippen MR) is 82.1 cm³/mol. The van der Waals surface area contributed by atoms with Gasteiger partial charge < -0.3 is 4.74 Å². The highest BCUT2D eigenvalue weighted by atomic mass is 16.6. The molecule has 1 nitrogen and oxygen atoms in total. The van der Waals surface area contributed by atoms with Crippen LogP contribution in [0.3, 0.4) is 0 Å². The van der Waals surface area contributed by atoms with Gasteiger partial charge in [0.2, 0.25) is 0 Å². The van der Waals surface area contributed by atoms with Crippen LogP contribution in [-0.2, 0) is 4.74 Å². The number of epoxide rings is 1. The third kappa shape index (κ3) is 21.0. The van der Waals surface area contributed by atoms with Gasteiger partial charge in [-0.25, -0.2) is 0 Å². The summed E-state index contributed by atoms with van der Waals surface area (Å²) in [5.41, 5.74) is 0. The zero-order valence-corrected chi connectivity index (χ0v) is 12.6. The van der Waals surface area contributed by atoms with Crippen LogP contribution in [0, 0.1) is 0 Å². The van der Waals surface area contributed by atoms with E-state index in [0.717, 1.165) is 13.2 Å². The largest absolute Gasteiger partial charge is 0.377 e. The second kappa shape index (κ2) is 16.7.